The summed E-state index contributed by atoms with van der Waals surface area (Å²) in [7, 11) is 0. The summed E-state index contributed by atoms with van der Waals surface area (Å²) in [5, 5.41) is 5.79. The van der Waals surface area contributed by atoms with Gasteiger partial charge in [0.25, 0.3) is 5.91 Å². The molecule has 1 aliphatic rings. The average Bonchev–Trinajstić information content (AvgIpc) is 3.26. The van der Waals surface area contributed by atoms with Gasteiger partial charge in [0, 0.05) is 36.0 Å². The van der Waals surface area contributed by atoms with Gasteiger partial charge in [-0.1, -0.05) is 42.5 Å². The van der Waals surface area contributed by atoms with Crippen LogP contribution < -0.4 is 10.6 Å². The van der Waals surface area contributed by atoms with Crippen LogP contribution in [0.15, 0.2) is 72.9 Å². The molecule has 0 bridgehead atoms. The number of aromatic nitrogens is 2. The number of anilines is 1. The molecular formula is C27H23FN4O2. The number of nitrogens with zero attached hydrogens (tertiary/aromatic N) is 1. The molecule has 0 aliphatic carbocycles. The maximum Gasteiger partial charge on any atom is 0.253 e. The molecule has 34 heavy (non-hydrogen) atoms. The number of pyridine rings is 1. The second kappa shape index (κ2) is 8.94. The van der Waals surface area contributed by atoms with Gasteiger partial charge < -0.3 is 15.6 Å². The van der Waals surface area contributed by atoms with Gasteiger partial charge in [0.15, 0.2) is 0 Å². The van der Waals surface area contributed by atoms with E-state index in [-0.39, 0.29) is 17.6 Å². The summed E-state index contributed by atoms with van der Waals surface area (Å²) in [6.07, 6.45) is 2.34. The van der Waals surface area contributed by atoms with Gasteiger partial charge in [0.2, 0.25) is 5.91 Å². The van der Waals surface area contributed by atoms with Crippen molar-refractivity contribution in [1.82, 2.24) is 15.3 Å². The normalized spacial score (nSPS) is 13.6. The zero-order valence-corrected chi connectivity index (χ0v) is 18.6. The minimum atomic E-state index is -0.479. The van der Waals surface area contributed by atoms with Crippen LogP contribution in [0.5, 0.6) is 0 Å². The van der Waals surface area contributed by atoms with Crippen LogP contribution >= 0.6 is 0 Å². The predicted molar refractivity (Wildman–Crippen MR) is 129 cm³/mol. The maximum atomic E-state index is 13.2. The van der Waals surface area contributed by atoms with Crippen molar-refractivity contribution in [3.63, 3.8) is 0 Å². The molecule has 1 unspecified atom stereocenters. The van der Waals surface area contributed by atoms with Crippen molar-refractivity contribution in [3.05, 3.63) is 95.6 Å². The monoisotopic (exact) mass is 454 g/mol. The smallest absolute Gasteiger partial charge is 0.253 e. The van der Waals surface area contributed by atoms with Crippen molar-refractivity contribution in [2.24, 2.45) is 0 Å². The molecule has 1 aliphatic heterocycles. The van der Waals surface area contributed by atoms with Crippen molar-refractivity contribution in [2.45, 2.75) is 19.3 Å². The van der Waals surface area contributed by atoms with Crippen LogP contribution in [-0.4, -0.2) is 28.3 Å². The molecule has 7 heteroatoms. The van der Waals surface area contributed by atoms with Crippen molar-refractivity contribution in [3.8, 4) is 22.4 Å². The number of halogens is 1. The summed E-state index contributed by atoms with van der Waals surface area (Å²) in [6.45, 7) is 2.34. The first-order valence-electron chi connectivity index (χ1n) is 11.1. The zero-order valence-electron chi connectivity index (χ0n) is 18.6. The van der Waals surface area contributed by atoms with Gasteiger partial charge in [-0.3, -0.25) is 9.59 Å². The van der Waals surface area contributed by atoms with E-state index >= 15 is 0 Å². The first kappa shape index (κ1) is 21.6. The summed E-state index contributed by atoms with van der Waals surface area (Å²) >= 11 is 0. The fourth-order valence-electron chi connectivity index (χ4n) is 4.28. The van der Waals surface area contributed by atoms with Gasteiger partial charge in [0.1, 0.15) is 11.6 Å². The quantitative estimate of drug-likeness (QED) is 0.400. The maximum absolute atomic E-state index is 13.2. The number of rotatable bonds is 5. The zero-order chi connectivity index (χ0) is 23.7. The van der Waals surface area contributed by atoms with Gasteiger partial charge in [-0.2, -0.15) is 0 Å². The second-order valence-corrected chi connectivity index (χ2v) is 8.29. The van der Waals surface area contributed by atoms with E-state index in [0.717, 1.165) is 28.1 Å². The molecule has 2 aromatic carbocycles. The number of hydrogen-bond donors (Lipinski definition) is 3. The SMILES string of the molecule is CC(C(=O)Nc1cc(-c2[nH]c3c(c2-c2ccccc2)C(=O)NCC3)ccn1)c1ccc(F)cc1. The van der Waals surface area contributed by atoms with Crippen LogP contribution in [0.3, 0.4) is 0 Å². The number of amides is 2. The van der Waals surface area contributed by atoms with Gasteiger partial charge in [-0.25, -0.2) is 9.37 Å². The molecule has 3 N–H and O–H groups in total. The lowest BCUT2D eigenvalue weighted by Crippen LogP contribution is -2.31. The molecule has 2 aromatic heterocycles. The van der Waals surface area contributed by atoms with Gasteiger partial charge >= 0.3 is 0 Å². The Morgan fingerprint density at radius 3 is 2.56 bits per heavy atom. The average molecular weight is 455 g/mol. The van der Waals surface area contributed by atoms with Gasteiger partial charge in [-0.05, 0) is 42.3 Å². The first-order valence-corrected chi connectivity index (χ1v) is 11.1. The largest absolute Gasteiger partial charge is 0.357 e. The lowest BCUT2D eigenvalue weighted by molar-refractivity contribution is -0.117. The summed E-state index contributed by atoms with van der Waals surface area (Å²) in [5.41, 5.74) is 5.63. The molecule has 3 heterocycles. The standard InChI is InChI=1S/C27H23FN4O2/c1-16(17-7-9-20(28)10-8-17)26(33)32-22-15-19(11-13-29-22)25-23(18-5-3-2-4-6-18)24-21(31-25)12-14-30-27(24)34/h2-11,13,15-16,31H,12,14H2,1H3,(H,30,34)(H,29,32,33). The molecule has 0 saturated carbocycles. The molecule has 2 amide bonds. The van der Waals surface area contributed by atoms with E-state index in [1.54, 1.807) is 31.3 Å². The number of aromatic amines is 1. The predicted octanol–water partition coefficient (Wildman–Crippen LogP) is 4.91. The highest BCUT2D eigenvalue weighted by Crippen LogP contribution is 2.38. The molecule has 5 rings (SSSR count). The van der Waals surface area contributed by atoms with Crippen molar-refractivity contribution in [1.29, 1.82) is 0 Å². The first-order chi connectivity index (χ1) is 16.5. The highest BCUT2D eigenvalue weighted by atomic mass is 19.1. The molecule has 0 radical (unpaired) electrons. The Morgan fingerprint density at radius 1 is 1.03 bits per heavy atom. The van der Waals surface area contributed by atoms with E-state index in [1.807, 2.05) is 36.4 Å². The number of H-pyrrole nitrogens is 1. The Labute approximate surface area is 196 Å². The Kier molecular flexibility index (Phi) is 5.67. The topological polar surface area (TPSA) is 86.9 Å². The second-order valence-electron chi connectivity index (χ2n) is 8.29. The van der Waals surface area contributed by atoms with Crippen LogP contribution in [0.2, 0.25) is 0 Å². The summed E-state index contributed by atoms with van der Waals surface area (Å²) in [5.74, 6) is -0.773. The Balaban J connectivity index is 1.50. The highest BCUT2D eigenvalue weighted by molar-refractivity contribution is 6.07. The van der Waals surface area contributed by atoms with E-state index in [1.165, 1.54) is 12.1 Å². The Bertz CT molecular complexity index is 1360. The number of carbonyl (C=O) groups excluding carboxylic acids is 2. The molecule has 4 aromatic rings. The minimum Gasteiger partial charge on any atom is -0.357 e. The lowest BCUT2D eigenvalue weighted by atomic mass is 9.95. The van der Waals surface area contributed by atoms with Gasteiger partial charge in [0.05, 0.1) is 17.2 Å². The summed E-state index contributed by atoms with van der Waals surface area (Å²) < 4.78 is 13.2. The van der Waals surface area contributed by atoms with Crippen LogP contribution in [-0.2, 0) is 11.2 Å². The van der Waals surface area contributed by atoms with Gasteiger partial charge in [-0.15, -0.1) is 0 Å². The number of nitrogens with one attached hydrogen (secondary N) is 3. The van der Waals surface area contributed by atoms with Crippen LogP contribution in [0.25, 0.3) is 22.4 Å². The molecule has 0 spiro atoms. The van der Waals surface area contributed by atoms with E-state index in [0.29, 0.717) is 29.9 Å². The molecular weight excluding hydrogens is 431 g/mol. The van der Waals surface area contributed by atoms with Crippen molar-refractivity contribution < 1.29 is 14.0 Å². The molecule has 0 saturated heterocycles. The van der Waals surface area contributed by atoms with Crippen molar-refractivity contribution >= 4 is 17.6 Å². The van der Waals surface area contributed by atoms with E-state index in [4.69, 9.17) is 0 Å². The summed E-state index contributed by atoms with van der Waals surface area (Å²) in [6, 6.07) is 19.3. The third-order valence-electron chi connectivity index (χ3n) is 6.09. The fraction of sp³-hybridized carbons (Fsp3) is 0.148. The Morgan fingerprint density at radius 2 is 1.79 bits per heavy atom. The van der Waals surface area contributed by atoms with E-state index in [9.17, 15) is 14.0 Å². The number of fused-ring (bicyclic) bond motifs is 1. The van der Waals surface area contributed by atoms with E-state index < -0.39 is 5.92 Å². The van der Waals surface area contributed by atoms with Crippen molar-refractivity contribution in [2.75, 3.05) is 11.9 Å². The third kappa shape index (κ3) is 4.08. The molecule has 0 fully saturated rings. The molecule has 170 valence electrons. The lowest BCUT2D eigenvalue weighted by Gasteiger charge is -2.14. The highest BCUT2D eigenvalue weighted by Gasteiger charge is 2.27. The molecule has 1 atom stereocenters. The summed E-state index contributed by atoms with van der Waals surface area (Å²) in [4.78, 5) is 33.3. The molecule has 6 nitrogen and oxygen atoms in total. The fourth-order valence-corrected chi connectivity index (χ4v) is 4.28. The number of benzene rings is 2. The van der Waals surface area contributed by atoms with Crippen LogP contribution in [0, 0.1) is 5.82 Å². The minimum absolute atomic E-state index is 0.0988. The van der Waals surface area contributed by atoms with E-state index in [2.05, 4.69) is 20.6 Å². The van der Waals surface area contributed by atoms with Crippen LogP contribution in [0.4, 0.5) is 10.2 Å². The van der Waals surface area contributed by atoms with Crippen LogP contribution in [0.1, 0.15) is 34.5 Å². The third-order valence-corrected chi connectivity index (χ3v) is 6.09. The number of carbonyl (C=O) groups is 2. The Hall–Kier alpha value is -4.26. The number of hydrogen-bond acceptors (Lipinski definition) is 3.